The van der Waals surface area contributed by atoms with Crippen LogP contribution < -0.4 is 15.4 Å². The van der Waals surface area contributed by atoms with Crippen molar-refractivity contribution in [2.45, 2.75) is 26.4 Å². The smallest absolute Gasteiger partial charge is 0.243 e. The van der Waals surface area contributed by atoms with Gasteiger partial charge in [0, 0.05) is 26.3 Å². The Bertz CT molecular complexity index is 820. The van der Waals surface area contributed by atoms with Crippen LogP contribution in [-0.4, -0.2) is 50.1 Å². The summed E-state index contributed by atoms with van der Waals surface area (Å²) in [4.78, 5) is 17.7. The number of benzene rings is 2. The lowest BCUT2D eigenvalue weighted by Crippen LogP contribution is -2.34. The Kier molecular flexibility index (Phi) is 8.45. The molecule has 0 unspecified atom stereocenters. The number of nitrogens with one attached hydrogen (secondary N) is 2. The second-order valence-electron chi connectivity index (χ2n) is 7.04. The Morgan fingerprint density at radius 1 is 1.14 bits per heavy atom. The number of anilines is 1. The van der Waals surface area contributed by atoms with Crippen molar-refractivity contribution >= 4 is 17.6 Å². The lowest BCUT2D eigenvalue weighted by molar-refractivity contribution is -0.127. The van der Waals surface area contributed by atoms with E-state index < -0.39 is 0 Å². The van der Waals surface area contributed by atoms with Gasteiger partial charge in [0.05, 0.1) is 6.10 Å². The van der Waals surface area contributed by atoms with Crippen LogP contribution >= 0.6 is 0 Å². The highest BCUT2D eigenvalue weighted by Gasteiger charge is 2.07. The fourth-order valence-electron chi connectivity index (χ4n) is 2.47. The molecule has 6 nitrogen and oxygen atoms in total. The summed E-state index contributed by atoms with van der Waals surface area (Å²) in [5, 5.41) is 6.33. The minimum atomic E-state index is -0.232. The first kappa shape index (κ1) is 22.2. The second-order valence-corrected chi connectivity index (χ2v) is 7.04. The third-order valence-electron chi connectivity index (χ3n) is 4.00. The molecule has 0 saturated carbocycles. The number of guanidine groups is 1. The number of halogens is 1. The van der Waals surface area contributed by atoms with Gasteiger partial charge in [-0.05, 0) is 56.2 Å². The third kappa shape index (κ3) is 7.81. The van der Waals surface area contributed by atoms with Crippen molar-refractivity contribution < 1.29 is 13.9 Å². The molecule has 2 aromatic rings. The average Bonchev–Trinajstić information content (AvgIpc) is 2.68. The van der Waals surface area contributed by atoms with Gasteiger partial charge >= 0.3 is 0 Å². The van der Waals surface area contributed by atoms with Gasteiger partial charge in [-0.3, -0.25) is 4.79 Å². The first-order valence-corrected chi connectivity index (χ1v) is 9.60. The monoisotopic (exact) mass is 400 g/mol. The average molecular weight is 400 g/mol. The molecule has 0 radical (unpaired) electrons. The lowest BCUT2D eigenvalue weighted by atomic mass is 10.1. The molecule has 0 fully saturated rings. The van der Waals surface area contributed by atoms with Crippen molar-refractivity contribution in [2.75, 3.05) is 32.5 Å². The minimum absolute atomic E-state index is 0.0105. The van der Waals surface area contributed by atoms with Crippen LogP contribution in [0.5, 0.6) is 5.75 Å². The van der Waals surface area contributed by atoms with Crippen LogP contribution in [0.4, 0.5) is 10.1 Å². The van der Waals surface area contributed by atoms with E-state index in [4.69, 9.17) is 4.74 Å². The highest BCUT2D eigenvalue weighted by Crippen LogP contribution is 2.17. The van der Waals surface area contributed by atoms with E-state index in [1.165, 1.54) is 11.0 Å². The Hall–Kier alpha value is -3.09. The van der Waals surface area contributed by atoms with Gasteiger partial charge in [-0.2, -0.15) is 0 Å². The van der Waals surface area contributed by atoms with Crippen LogP contribution in [0.2, 0.25) is 0 Å². The van der Waals surface area contributed by atoms with Crippen LogP contribution in [0, 0.1) is 5.82 Å². The molecule has 7 heteroatoms. The summed E-state index contributed by atoms with van der Waals surface area (Å²) in [7, 11) is 3.37. The van der Waals surface area contributed by atoms with Crippen molar-refractivity contribution in [1.29, 1.82) is 0 Å². The van der Waals surface area contributed by atoms with Crippen LogP contribution in [0.25, 0.3) is 0 Å². The molecular formula is C22H29FN4O2. The highest BCUT2D eigenvalue weighted by atomic mass is 19.1. The quantitative estimate of drug-likeness (QED) is 0.527. The van der Waals surface area contributed by atoms with Gasteiger partial charge in [0.25, 0.3) is 0 Å². The maximum atomic E-state index is 13.8. The van der Waals surface area contributed by atoms with E-state index in [0.717, 1.165) is 11.4 Å². The molecule has 0 aromatic heterocycles. The van der Waals surface area contributed by atoms with E-state index in [-0.39, 0.29) is 24.4 Å². The lowest BCUT2D eigenvalue weighted by Gasteiger charge is -2.15. The van der Waals surface area contributed by atoms with Gasteiger partial charge in [0.2, 0.25) is 5.91 Å². The number of aliphatic imine (C=N–C) groups is 1. The van der Waals surface area contributed by atoms with Gasteiger partial charge in [0.1, 0.15) is 18.1 Å². The molecule has 0 heterocycles. The summed E-state index contributed by atoms with van der Waals surface area (Å²) in [6, 6.07) is 14.2. The summed E-state index contributed by atoms with van der Waals surface area (Å²) >= 11 is 0. The van der Waals surface area contributed by atoms with Crippen LogP contribution in [0.3, 0.4) is 0 Å². The van der Waals surface area contributed by atoms with Gasteiger partial charge in [-0.25, -0.2) is 9.38 Å². The minimum Gasteiger partial charge on any atom is -0.491 e. The Balaban J connectivity index is 2.03. The molecule has 156 valence electrons. The van der Waals surface area contributed by atoms with Gasteiger partial charge in [0.15, 0.2) is 5.96 Å². The zero-order valence-corrected chi connectivity index (χ0v) is 17.4. The number of rotatable bonds is 8. The molecule has 0 aliphatic carbocycles. The molecular weight excluding hydrogens is 371 g/mol. The van der Waals surface area contributed by atoms with E-state index in [1.54, 1.807) is 26.2 Å². The number of amides is 1. The standard InChI is InChI=1S/C22H29FN4O2/c1-16(2)29-19-11-9-18(10-12-19)26-22(25-15-21(28)27(3)4)24-14-13-17-7-5-6-8-20(17)23/h5-12,16H,13-15H2,1-4H3,(H2,24,25,26). The zero-order valence-electron chi connectivity index (χ0n) is 17.4. The predicted molar refractivity (Wildman–Crippen MR) is 115 cm³/mol. The summed E-state index contributed by atoms with van der Waals surface area (Å²) < 4.78 is 19.4. The van der Waals surface area contributed by atoms with Gasteiger partial charge < -0.3 is 20.3 Å². The highest BCUT2D eigenvalue weighted by molar-refractivity contribution is 5.95. The third-order valence-corrected chi connectivity index (χ3v) is 4.00. The first-order valence-electron chi connectivity index (χ1n) is 9.60. The summed E-state index contributed by atoms with van der Waals surface area (Å²) in [5.74, 6) is 0.888. The van der Waals surface area contributed by atoms with Crippen LogP contribution in [-0.2, 0) is 11.2 Å². The molecule has 2 rings (SSSR count). The van der Waals surface area contributed by atoms with E-state index in [0.29, 0.717) is 24.5 Å². The zero-order chi connectivity index (χ0) is 21.2. The first-order chi connectivity index (χ1) is 13.8. The van der Waals surface area contributed by atoms with E-state index in [1.807, 2.05) is 44.2 Å². The van der Waals surface area contributed by atoms with Crippen molar-refractivity contribution in [3.05, 3.63) is 59.9 Å². The molecule has 0 spiro atoms. The number of likely N-dealkylation sites (N-methyl/N-ethyl adjacent to an activating group) is 1. The number of ether oxygens (including phenoxy) is 1. The van der Waals surface area contributed by atoms with Crippen molar-refractivity contribution in [2.24, 2.45) is 4.99 Å². The molecule has 2 aromatic carbocycles. The summed E-state index contributed by atoms with van der Waals surface area (Å²) in [6.07, 6.45) is 0.596. The maximum Gasteiger partial charge on any atom is 0.243 e. The molecule has 0 aliphatic heterocycles. The fourth-order valence-corrected chi connectivity index (χ4v) is 2.47. The van der Waals surface area contributed by atoms with Crippen LogP contribution in [0.15, 0.2) is 53.5 Å². The SMILES string of the molecule is CC(C)Oc1ccc(NC(=NCC(=O)N(C)C)NCCc2ccccc2F)cc1. The molecule has 0 saturated heterocycles. The maximum absolute atomic E-state index is 13.8. The predicted octanol–water partition coefficient (Wildman–Crippen LogP) is 3.30. The Morgan fingerprint density at radius 3 is 2.45 bits per heavy atom. The topological polar surface area (TPSA) is 66.0 Å². The number of hydrogen-bond donors (Lipinski definition) is 2. The number of carbonyl (C=O) groups excluding carboxylic acids is 1. The molecule has 1 amide bonds. The molecule has 0 bridgehead atoms. The van der Waals surface area contributed by atoms with Gasteiger partial charge in [-0.15, -0.1) is 0 Å². The Morgan fingerprint density at radius 2 is 1.83 bits per heavy atom. The largest absolute Gasteiger partial charge is 0.491 e. The second kappa shape index (κ2) is 11.0. The van der Waals surface area contributed by atoms with E-state index in [9.17, 15) is 9.18 Å². The van der Waals surface area contributed by atoms with Gasteiger partial charge in [-0.1, -0.05) is 18.2 Å². The number of carbonyl (C=O) groups is 1. The van der Waals surface area contributed by atoms with E-state index in [2.05, 4.69) is 15.6 Å². The molecule has 29 heavy (non-hydrogen) atoms. The number of nitrogens with zero attached hydrogens (tertiary/aromatic N) is 2. The van der Waals surface area contributed by atoms with Crippen molar-refractivity contribution in [3.8, 4) is 5.75 Å². The number of hydrogen-bond acceptors (Lipinski definition) is 3. The summed E-state index contributed by atoms with van der Waals surface area (Å²) in [6.45, 7) is 4.42. The van der Waals surface area contributed by atoms with Crippen molar-refractivity contribution in [3.63, 3.8) is 0 Å². The molecule has 2 N–H and O–H groups in total. The summed E-state index contributed by atoms with van der Waals surface area (Å²) in [5.41, 5.74) is 1.43. The van der Waals surface area contributed by atoms with Crippen LogP contribution in [0.1, 0.15) is 19.4 Å². The fraction of sp³-hybridized carbons (Fsp3) is 0.364. The Labute approximate surface area is 171 Å². The normalized spacial score (nSPS) is 11.3. The van der Waals surface area contributed by atoms with E-state index >= 15 is 0 Å². The molecule has 0 aliphatic rings. The molecule has 0 atom stereocenters. The van der Waals surface area contributed by atoms with Crippen molar-refractivity contribution in [1.82, 2.24) is 10.2 Å².